The van der Waals surface area contributed by atoms with Gasteiger partial charge in [-0.2, -0.15) is 0 Å². The number of pyridine rings is 1. The maximum absolute atomic E-state index is 13.0. The summed E-state index contributed by atoms with van der Waals surface area (Å²) in [5.74, 6) is -0.124. The number of hydrogen-bond acceptors (Lipinski definition) is 4. The van der Waals surface area contributed by atoms with Gasteiger partial charge in [0.2, 0.25) is 5.88 Å². The van der Waals surface area contributed by atoms with Crippen molar-refractivity contribution in [1.29, 1.82) is 0 Å². The predicted octanol–water partition coefficient (Wildman–Crippen LogP) is 4.66. The molecule has 1 amide bonds. The molecule has 0 unspecified atom stereocenters. The number of aromatic nitrogens is 1. The lowest BCUT2D eigenvalue weighted by Gasteiger charge is -2.10. The quantitative estimate of drug-likeness (QED) is 0.718. The number of thiophene rings is 1. The number of benzene rings is 1. The van der Waals surface area contributed by atoms with Crippen LogP contribution in [0.1, 0.15) is 15.2 Å². The van der Waals surface area contributed by atoms with Gasteiger partial charge in [0.25, 0.3) is 5.91 Å². The molecule has 1 aromatic carbocycles. The summed E-state index contributed by atoms with van der Waals surface area (Å²) >= 11 is 7.27. The van der Waals surface area contributed by atoms with Gasteiger partial charge in [0.05, 0.1) is 10.9 Å². The molecule has 0 bridgehead atoms. The molecule has 0 saturated heterocycles. The maximum Gasteiger partial charge on any atom is 0.257 e. The summed E-state index contributed by atoms with van der Waals surface area (Å²) in [6, 6.07) is 12.4. The molecule has 0 aliphatic carbocycles. The van der Waals surface area contributed by atoms with Gasteiger partial charge in [-0.3, -0.25) is 4.79 Å². The van der Waals surface area contributed by atoms with Gasteiger partial charge >= 0.3 is 0 Å². The number of carbonyl (C=O) groups excluding carboxylic acids is 1. The molecule has 2 heterocycles. The topological polar surface area (TPSA) is 51.2 Å². The molecule has 0 aliphatic heterocycles. The first kappa shape index (κ1) is 16.4. The van der Waals surface area contributed by atoms with Crippen molar-refractivity contribution in [2.75, 3.05) is 0 Å². The molecule has 0 radical (unpaired) electrons. The molecule has 0 saturated carbocycles. The maximum atomic E-state index is 13.0. The Kier molecular flexibility index (Phi) is 5.08. The van der Waals surface area contributed by atoms with Crippen LogP contribution in [0.4, 0.5) is 4.39 Å². The Morgan fingerprint density at radius 3 is 2.71 bits per heavy atom. The molecule has 24 heavy (non-hydrogen) atoms. The van der Waals surface area contributed by atoms with Gasteiger partial charge in [0, 0.05) is 11.1 Å². The fourth-order valence-electron chi connectivity index (χ4n) is 1.97. The first-order chi connectivity index (χ1) is 11.6. The number of amides is 1. The van der Waals surface area contributed by atoms with E-state index in [1.165, 1.54) is 41.8 Å². The van der Waals surface area contributed by atoms with Gasteiger partial charge in [0.15, 0.2) is 0 Å². The lowest BCUT2D eigenvalue weighted by atomic mass is 10.2. The number of hydrogen-bond donors (Lipinski definition) is 1. The summed E-state index contributed by atoms with van der Waals surface area (Å²) in [6.45, 7) is 0.362. The lowest BCUT2D eigenvalue weighted by Crippen LogP contribution is -2.23. The molecule has 122 valence electrons. The SMILES string of the molecule is O=C(NCc1ccc(Cl)s1)c1cccnc1Oc1ccc(F)cc1. The number of carbonyl (C=O) groups is 1. The Morgan fingerprint density at radius 1 is 1.21 bits per heavy atom. The van der Waals surface area contributed by atoms with Crippen LogP contribution < -0.4 is 10.1 Å². The molecular weight excluding hydrogens is 351 g/mol. The summed E-state index contributed by atoms with van der Waals surface area (Å²) in [6.07, 6.45) is 1.52. The standard InChI is InChI=1S/C17H12ClFN2O2S/c18-15-8-7-13(24-15)10-21-16(22)14-2-1-9-20-17(14)23-12-5-3-11(19)4-6-12/h1-9H,10H2,(H,21,22). The first-order valence-electron chi connectivity index (χ1n) is 7.02. The number of nitrogens with one attached hydrogen (secondary N) is 1. The third-order valence-corrected chi connectivity index (χ3v) is 4.33. The van der Waals surface area contributed by atoms with Crippen molar-refractivity contribution in [1.82, 2.24) is 10.3 Å². The van der Waals surface area contributed by atoms with Crippen LogP contribution >= 0.6 is 22.9 Å². The monoisotopic (exact) mass is 362 g/mol. The summed E-state index contributed by atoms with van der Waals surface area (Å²) in [5.41, 5.74) is 0.296. The fourth-order valence-corrected chi connectivity index (χ4v) is 3.00. The summed E-state index contributed by atoms with van der Waals surface area (Å²) in [4.78, 5) is 17.4. The van der Waals surface area contributed by atoms with Gasteiger partial charge in [-0.05, 0) is 48.5 Å². The van der Waals surface area contributed by atoms with E-state index in [0.717, 1.165) is 4.88 Å². The van der Waals surface area contributed by atoms with E-state index in [9.17, 15) is 9.18 Å². The van der Waals surface area contributed by atoms with Crippen LogP contribution in [0.5, 0.6) is 11.6 Å². The minimum absolute atomic E-state index is 0.158. The second-order valence-corrected chi connectivity index (χ2v) is 6.60. The van der Waals surface area contributed by atoms with Crippen LogP contribution in [0.3, 0.4) is 0 Å². The van der Waals surface area contributed by atoms with Gasteiger partial charge in [0.1, 0.15) is 17.1 Å². The highest BCUT2D eigenvalue weighted by molar-refractivity contribution is 7.16. The van der Waals surface area contributed by atoms with E-state index in [0.29, 0.717) is 22.2 Å². The van der Waals surface area contributed by atoms with Crippen LogP contribution in [0.15, 0.2) is 54.7 Å². The molecule has 3 aromatic rings. The van der Waals surface area contributed by atoms with Crippen LogP contribution in [0, 0.1) is 5.82 Å². The van der Waals surface area contributed by atoms with Gasteiger partial charge in [-0.1, -0.05) is 11.6 Å². The van der Waals surface area contributed by atoms with E-state index in [-0.39, 0.29) is 17.6 Å². The minimum atomic E-state index is -0.365. The summed E-state index contributed by atoms with van der Waals surface area (Å²) in [7, 11) is 0. The molecule has 7 heteroatoms. The zero-order valence-corrected chi connectivity index (χ0v) is 13.9. The first-order valence-corrected chi connectivity index (χ1v) is 8.22. The van der Waals surface area contributed by atoms with E-state index in [4.69, 9.17) is 16.3 Å². The highest BCUT2D eigenvalue weighted by Crippen LogP contribution is 2.24. The van der Waals surface area contributed by atoms with Crippen LogP contribution in [-0.2, 0) is 6.54 Å². The number of halogens is 2. The second-order valence-electron chi connectivity index (χ2n) is 4.80. The van der Waals surface area contributed by atoms with E-state index >= 15 is 0 Å². The second kappa shape index (κ2) is 7.42. The molecule has 0 atom stereocenters. The van der Waals surface area contributed by atoms with E-state index in [1.807, 2.05) is 6.07 Å². The minimum Gasteiger partial charge on any atom is -0.438 e. The van der Waals surface area contributed by atoms with Crippen molar-refractivity contribution in [3.8, 4) is 11.6 Å². The molecule has 0 aliphatic rings. The Morgan fingerprint density at radius 2 is 2.00 bits per heavy atom. The third-order valence-electron chi connectivity index (χ3n) is 3.10. The van der Waals surface area contributed by atoms with E-state index in [2.05, 4.69) is 10.3 Å². The van der Waals surface area contributed by atoms with Crippen LogP contribution in [0.2, 0.25) is 4.34 Å². The third kappa shape index (κ3) is 4.10. The highest BCUT2D eigenvalue weighted by Gasteiger charge is 2.14. The Bertz CT molecular complexity index is 852. The molecular formula is C17H12ClFN2O2S. The van der Waals surface area contributed by atoms with Crippen LogP contribution in [-0.4, -0.2) is 10.9 Å². The molecule has 0 spiro atoms. The van der Waals surface area contributed by atoms with Crippen molar-refractivity contribution < 1.29 is 13.9 Å². The number of rotatable bonds is 5. The Balaban J connectivity index is 1.73. The molecule has 1 N–H and O–H groups in total. The van der Waals surface area contributed by atoms with E-state index in [1.54, 1.807) is 18.2 Å². The number of ether oxygens (including phenoxy) is 1. The average Bonchev–Trinajstić information content (AvgIpc) is 3.01. The Labute approximate surface area is 146 Å². The summed E-state index contributed by atoms with van der Waals surface area (Å²) < 4.78 is 19.2. The van der Waals surface area contributed by atoms with Gasteiger partial charge < -0.3 is 10.1 Å². The molecule has 0 fully saturated rings. The van der Waals surface area contributed by atoms with Gasteiger partial charge in [-0.15, -0.1) is 11.3 Å². The largest absolute Gasteiger partial charge is 0.438 e. The zero-order chi connectivity index (χ0) is 16.9. The fraction of sp³-hybridized carbons (Fsp3) is 0.0588. The van der Waals surface area contributed by atoms with Crippen molar-refractivity contribution >= 4 is 28.8 Å². The van der Waals surface area contributed by atoms with Crippen molar-refractivity contribution in [3.05, 3.63) is 75.3 Å². The zero-order valence-electron chi connectivity index (χ0n) is 12.3. The van der Waals surface area contributed by atoms with E-state index < -0.39 is 0 Å². The highest BCUT2D eigenvalue weighted by atomic mass is 35.5. The van der Waals surface area contributed by atoms with Crippen molar-refractivity contribution in [3.63, 3.8) is 0 Å². The van der Waals surface area contributed by atoms with Crippen molar-refractivity contribution in [2.24, 2.45) is 0 Å². The summed E-state index contributed by atoms with van der Waals surface area (Å²) in [5, 5.41) is 2.80. The van der Waals surface area contributed by atoms with Gasteiger partial charge in [-0.25, -0.2) is 9.37 Å². The average molecular weight is 363 g/mol. The molecule has 4 nitrogen and oxygen atoms in total. The smallest absolute Gasteiger partial charge is 0.257 e. The van der Waals surface area contributed by atoms with Crippen molar-refractivity contribution in [2.45, 2.75) is 6.54 Å². The Hall–Kier alpha value is -2.44. The normalized spacial score (nSPS) is 10.4. The molecule has 2 aromatic heterocycles. The van der Waals surface area contributed by atoms with Crippen LogP contribution in [0.25, 0.3) is 0 Å². The predicted molar refractivity (Wildman–Crippen MR) is 91.2 cm³/mol. The lowest BCUT2D eigenvalue weighted by molar-refractivity contribution is 0.0948. The number of nitrogens with zero attached hydrogens (tertiary/aromatic N) is 1. The molecule has 3 rings (SSSR count).